The number of rotatable bonds is 5. The average molecular weight is 628 g/mol. The molecule has 0 saturated carbocycles. The molecule has 1 heterocycles. The van der Waals surface area contributed by atoms with Gasteiger partial charge >= 0.3 is 0 Å². The molecule has 3 nitrogen and oxygen atoms in total. The number of hydrogen-bond donors (Lipinski definition) is 0. The molecule has 8 aromatic rings. The second kappa shape index (κ2) is 11.5. The quantitative estimate of drug-likeness (QED) is 0.191. The fourth-order valence-corrected chi connectivity index (χ4v) is 7.53. The van der Waals surface area contributed by atoms with E-state index in [4.69, 9.17) is 15.0 Å². The summed E-state index contributed by atoms with van der Waals surface area (Å²) >= 11 is 0. The Morgan fingerprint density at radius 2 is 0.898 bits per heavy atom. The van der Waals surface area contributed by atoms with Crippen molar-refractivity contribution < 1.29 is 0 Å². The minimum Gasteiger partial charge on any atom is -0.208 e. The van der Waals surface area contributed by atoms with Gasteiger partial charge in [-0.3, -0.25) is 0 Å². The molecule has 0 bridgehead atoms. The van der Waals surface area contributed by atoms with Crippen LogP contribution in [0.15, 0.2) is 164 Å². The molecule has 1 aromatic heterocycles. The minimum absolute atomic E-state index is 0.102. The largest absolute Gasteiger partial charge is 0.208 e. The van der Waals surface area contributed by atoms with Crippen LogP contribution < -0.4 is 0 Å². The molecule has 0 spiro atoms. The number of nitrogens with zero attached hydrogens (tertiary/aromatic N) is 3. The van der Waals surface area contributed by atoms with Crippen molar-refractivity contribution in [2.45, 2.75) is 19.3 Å². The molecule has 1 aliphatic carbocycles. The zero-order chi connectivity index (χ0) is 33.0. The van der Waals surface area contributed by atoms with E-state index in [1.165, 1.54) is 44.2 Å². The molecule has 0 atom stereocenters. The summed E-state index contributed by atoms with van der Waals surface area (Å²) in [5, 5.41) is 2.62. The maximum absolute atomic E-state index is 4.97. The van der Waals surface area contributed by atoms with Crippen LogP contribution in [0.2, 0.25) is 0 Å². The van der Waals surface area contributed by atoms with Crippen molar-refractivity contribution in [2.24, 2.45) is 0 Å². The summed E-state index contributed by atoms with van der Waals surface area (Å²) in [5.41, 5.74) is 12.9. The first kappa shape index (κ1) is 29.0. The molecule has 0 unspecified atom stereocenters. The third-order valence-corrected chi connectivity index (χ3v) is 9.89. The van der Waals surface area contributed by atoms with Gasteiger partial charge < -0.3 is 0 Å². The summed E-state index contributed by atoms with van der Waals surface area (Å²) in [6, 6.07) is 57.8. The lowest BCUT2D eigenvalue weighted by molar-refractivity contribution is 0.666. The monoisotopic (exact) mass is 627 g/mol. The van der Waals surface area contributed by atoms with Gasteiger partial charge in [0.05, 0.1) is 0 Å². The van der Waals surface area contributed by atoms with E-state index in [2.05, 4.69) is 117 Å². The Balaban J connectivity index is 1.15. The Hall–Kier alpha value is -6.19. The number of hydrogen-bond acceptors (Lipinski definition) is 3. The predicted octanol–water partition coefficient (Wildman–Crippen LogP) is 11.7. The van der Waals surface area contributed by atoms with Gasteiger partial charge in [-0.15, -0.1) is 0 Å². The van der Waals surface area contributed by atoms with E-state index in [-0.39, 0.29) is 5.41 Å². The van der Waals surface area contributed by atoms with E-state index in [1.54, 1.807) is 0 Å². The maximum Gasteiger partial charge on any atom is 0.164 e. The minimum atomic E-state index is -0.102. The van der Waals surface area contributed by atoms with E-state index in [0.29, 0.717) is 17.5 Å². The molecular weight excluding hydrogens is 595 g/mol. The lowest BCUT2D eigenvalue weighted by Crippen LogP contribution is -2.15. The standard InChI is InChI=1S/C46H33N3/c1-46(2)40-25-13-24-37(41(40)39-27-26-30-14-9-10-23-38(30)42(39)46)35-21-11-19-33(28-35)34-20-12-22-36(29-34)45-48-43(31-15-5-3-6-16-31)47-44(49-45)32-17-7-4-8-18-32/h3-29H,1-2H3. The first-order valence-corrected chi connectivity index (χ1v) is 16.8. The second-order valence-electron chi connectivity index (χ2n) is 13.3. The first-order chi connectivity index (χ1) is 24.0. The van der Waals surface area contributed by atoms with E-state index in [0.717, 1.165) is 27.8 Å². The number of aromatic nitrogens is 3. The van der Waals surface area contributed by atoms with Crippen LogP contribution in [0.25, 0.3) is 78.3 Å². The highest BCUT2D eigenvalue weighted by atomic mass is 15.0. The lowest BCUT2D eigenvalue weighted by Gasteiger charge is -2.23. The van der Waals surface area contributed by atoms with Gasteiger partial charge in [-0.05, 0) is 67.4 Å². The van der Waals surface area contributed by atoms with Gasteiger partial charge in [0.25, 0.3) is 0 Å². The SMILES string of the molecule is CC1(C)c2cccc(-c3cccc(-c4cccc(-c5nc(-c6ccccc6)nc(-c6ccccc6)n5)c4)c3)c2-c2ccc3ccccc3c21. The maximum atomic E-state index is 4.97. The molecule has 0 saturated heterocycles. The van der Waals surface area contributed by atoms with Gasteiger partial charge in [0.15, 0.2) is 17.5 Å². The van der Waals surface area contributed by atoms with Crippen LogP contribution in [0.1, 0.15) is 25.0 Å². The third kappa shape index (κ3) is 4.94. The molecule has 0 amide bonds. The normalized spacial score (nSPS) is 12.9. The zero-order valence-corrected chi connectivity index (χ0v) is 27.4. The van der Waals surface area contributed by atoms with Crippen molar-refractivity contribution in [3.05, 3.63) is 175 Å². The van der Waals surface area contributed by atoms with Crippen LogP contribution in [0.4, 0.5) is 0 Å². The van der Waals surface area contributed by atoms with Gasteiger partial charge in [0.1, 0.15) is 0 Å². The fraction of sp³-hybridized carbons (Fsp3) is 0.0652. The van der Waals surface area contributed by atoms with E-state index < -0.39 is 0 Å². The topological polar surface area (TPSA) is 38.7 Å². The molecule has 3 heteroatoms. The highest BCUT2D eigenvalue weighted by Crippen LogP contribution is 2.54. The van der Waals surface area contributed by atoms with Crippen molar-refractivity contribution in [3.63, 3.8) is 0 Å². The van der Waals surface area contributed by atoms with Crippen LogP contribution in [0.3, 0.4) is 0 Å². The molecule has 1 aliphatic rings. The van der Waals surface area contributed by atoms with E-state index in [9.17, 15) is 0 Å². The molecule has 232 valence electrons. The summed E-state index contributed by atoms with van der Waals surface area (Å²) in [4.78, 5) is 14.8. The smallest absolute Gasteiger partial charge is 0.164 e. The second-order valence-corrected chi connectivity index (χ2v) is 13.3. The summed E-state index contributed by atoms with van der Waals surface area (Å²) in [6.07, 6.45) is 0. The van der Waals surface area contributed by atoms with Gasteiger partial charge in [0.2, 0.25) is 0 Å². The molecule has 49 heavy (non-hydrogen) atoms. The fourth-order valence-electron chi connectivity index (χ4n) is 7.53. The highest BCUT2D eigenvalue weighted by Gasteiger charge is 2.38. The van der Waals surface area contributed by atoms with Crippen LogP contribution in [-0.2, 0) is 5.41 Å². The molecule has 0 fully saturated rings. The van der Waals surface area contributed by atoms with Gasteiger partial charge in [-0.2, -0.15) is 0 Å². The Morgan fingerprint density at radius 3 is 1.57 bits per heavy atom. The Morgan fingerprint density at radius 1 is 0.388 bits per heavy atom. The summed E-state index contributed by atoms with van der Waals surface area (Å²) in [6.45, 7) is 4.73. The Kier molecular flexibility index (Phi) is 6.80. The van der Waals surface area contributed by atoms with Crippen LogP contribution in [-0.4, -0.2) is 15.0 Å². The van der Waals surface area contributed by atoms with Crippen molar-refractivity contribution in [2.75, 3.05) is 0 Å². The molecular formula is C46H33N3. The highest BCUT2D eigenvalue weighted by molar-refractivity contribution is 6.01. The van der Waals surface area contributed by atoms with E-state index in [1.807, 2.05) is 60.7 Å². The molecule has 0 radical (unpaired) electrons. The van der Waals surface area contributed by atoms with Gasteiger partial charge in [-0.1, -0.05) is 166 Å². The number of fused-ring (bicyclic) bond motifs is 5. The summed E-state index contributed by atoms with van der Waals surface area (Å²) < 4.78 is 0. The van der Waals surface area contributed by atoms with Gasteiger partial charge in [-0.25, -0.2) is 15.0 Å². The van der Waals surface area contributed by atoms with Crippen molar-refractivity contribution >= 4 is 10.8 Å². The van der Waals surface area contributed by atoms with E-state index >= 15 is 0 Å². The van der Waals surface area contributed by atoms with Crippen LogP contribution >= 0.6 is 0 Å². The third-order valence-electron chi connectivity index (χ3n) is 9.89. The van der Waals surface area contributed by atoms with Crippen molar-refractivity contribution in [3.8, 4) is 67.5 Å². The summed E-state index contributed by atoms with van der Waals surface area (Å²) in [7, 11) is 0. The Labute approximate surface area is 286 Å². The lowest BCUT2D eigenvalue weighted by atomic mass is 9.80. The Bertz CT molecular complexity index is 2460. The predicted molar refractivity (Wildman–Crippen MR) is 202 cm³/mol. The van der Waals surface area contributed by atoms with Gasteiger partial charge in [0, 0.05) is 22.1 Å². The van der Waals surface area contributed by atoms with Crippen molar-refractivity contribution in [1.82, 2.24) is 15.0 Å². The average Bonchev–Trinajstić information content (AvgIpc) is 3.42. The van der Waals surface area contributed by atoms with Crippen LogP contribution in [0, 0.1) is 0 Å². The first-order valence-electron chi connectivity index (χ1n) is 16.8. The molecule has 0 N–H and O–H groups in total. The van der Waals surface area contributed by atoms with Crippen LogP contribution in [0.5, 0.6) is 0 Å². The zero-order valence-electron chi connectivity index (χ0n) is 27.4. The number of benzene rings is 7. The summed E-state index contributed by atoms with van der Waals surface area (Å²) in [5.74, 6) is 1.97. The molecule has 9 rings (SSSR count). The molecule has 0 aliphatic heterocycles. The van der Waals surface area contributed by atoms with Crippen molar-refractivity contribution in [1.29, 1.82) is 0 Å². The molecule has 7 aromatic carbocycles.